The molecular weight excluding hydrogens is 390 g/mol. The lowest BCUT2D eigenvalue weighted by Gasteiger charge is -2.09. The van der Waals surface area contributed by atoms with Crippen LogP contribution in [0.3, 0.4) is 0 Å². The molecule has 1 rings (SSSR count). The summed E-state index contributed by atoms with van der Waals surface area (Å²) in [7, 11) is 0. The zero-order valence-electron chi connectivity index (χ0n) is 15.2. The fourth-order valence-electron chi connectivity index (χ4n) is 1.81. The lowest BCUT2D eigenvalue weighted by Crippen LogP contribution is -2.16. The number of hydrogen-bond acceptors (Lipinski definition) is 7. The van der Waals surface area contributed by atoms with Crippen LogP contribution in [0.2, 0.25) is 0 Å². The Morgan fingerprint density at radius 2 is 1.18 bits per heavy atom. The van der Waals surface area contributed by atoms with Crippen molar-refractivity contribution in [1.29, 1.82) is 0 Å². The van der Waals surface area contributed by atoms with Crippen molar-refractivity contribution in [3.8, 4) is 5.75 Å². The van der Waals surface area contributed by atoms with Crippen LogP contribution in [-0.2, 0) is 23.7 Å². The van der Waals surface area contributed by atoms with E-state index in [1.807, 2.05) is 0 Å². The number of carbonyl (C=O) groups excluding carboxylic acids is 1. The van der Waals surface area contributed by atoms with Crippen molar-refractivity contribution in [3.05, 3.63) is 29.3 Å². The third-order valence-corrected chi connectivity index (χ3v) is 3.12. The van der Waals surface area contributed by atoms with Crippen LogP contribution in [0.15, 0.2) is 6.07 Å². The SMILES string of the molecule is NCCOCCOCCOCCOCCC(=O)Oc1c(F)c(F)cc(F)c1F. The molecule has 0 saturated carbocycles. The molecule has 0 unspecified atom stereocenters. The first-order valence-corrected chi connectivity index (χ1v) is 8.52. The third kappa shape index (κ3) is 9.42. The van der Waals surface area contributed by atoms with E-state index in [4.69, 9.17) is 24.7 Å². The van der Waals surface area contributed by atoms with E-state index in [0.29, 0.717) is 39.6 Å². The Morgan fingerprint density at radius 1 is 0.750 bits per heavy atom. The quantitative estimate of drug-likeness (QED) is 0.153. The molecule has 0 aliphatic carbocycles. The molecule has 1 aromatic carbocycles. The minimum Gasteiger partial charge on any atom is -0.420 e. The van der Waals surface area contributed by atoms with Gasteiger partial charge in [-0.2, -0.15) is 8.78 Å². The van der Waals surface area contributed by atoms with Gasteiger partial charge in [-0.3, -0.25) is 4.79 Å². The normalized spacial score (nSPS) is 11.0. The number of rotatable bonds is 15. The molecular formula is C17H23F4NO6. The lowest BCUT2D eigenvalue weighted by atomic mass is 10.3. The summed E-state index contributed by atoms with van der Waals surface area (Å²) in [5.74, 6) is -9.41. The summed E-state index contributed by atoms with van der Waals surface area (Å²) in [6.07, 6.45) is -0.372. The van der Waals surface area contributed by atoms with E-state index in [1.54, 1.807) is 0 Å². The maximum atomic E-state index is 13.4. The van der Waals surface area contributed by atoms with Crippen molar-refractivity contribution in [2.45, 2.75) is 6.42 Å². The Morgan fingerprint density at radius 3 is 1.64 bits per heavy atom. The highest BCUT2D eigenvalue weighted by molar-refractivity contribution is 5.72. The summed E-state index contributed by atoms with van der Waals surface area (Å²) >= 11 is 0. The Kier molecular flexibility index (Phi) is 12.3. The highest BCUT2D eigenvalue weighted by atomic mass is 19.2. The number of hydrogen-bond donors (Lipinski definition) is 1. The zero-order valence-corrected chi connectivity index (χ0v) is 15.2. The zero-order chi connectivity index (χ0) is 20.8. The summed E-state index contributed by atoms with van der Waals surface area (Å²) in [5, 5.41) is 0. The van der Waals surface area contributed by atoms with Crippen molar-refractivity contribution in [2.75, 3.05) is 59.4 Å². The van der Waals surface area contributed by atoms with Gasteiger partial charge >= 0.3 is 5.97 Å². The topological polar surface area (TPSA) is 89.2 Å². The van der Waals surface area contributed by atoms with Crippen LogP contribution < -0.4 is 10.5 Å². The fourth-order valence-corrected chi connectivity index (χ4v) is 1.81. The average Bonchev–Trinajstić information content (AvgIpc) is 2.67. The van der Waals surface area contributed by atoms with Crippen LogP contribution in [0.4, 0.5) is 17.6 Å². The second kappa shape index (κ2) is 14.2. The van der Waals surface area contributed by atoms with Gasteiger partial charge in [-0.25, -0.2) is 8.78 Å². The first-order valence-electron chi connectivity index (χ1n) is 8.52. The third-order valence-electron chi connectivity index (χ3n) is 3.12. The molecule has 0 spiro atoms. The molecule has 0 saturated heterocycles. The van der Waals surface area contributed by atoms with Crippen molar-refractivity contribution < 1.29 is 46.0 Å². The first kappa shape index (κ1) is 24.2. The maximum Gasteiger partial charge on any atom is 0.313 e. The lowest BCUT2D eigenvalue weighted by molar-refractivity contribution is -0.136. The van der Waals surface area contributed by atoms with Gasteiger partial charge in [0.25, 0.3) is 0 Å². The molecule has 160 valence electrons. The highest BCUT2D eigenvalue weighted by Crippen LogP contribution is 2.26. The molecule has 0 heterocycles. The standard InChI is InChI=1S/C17H23F4NO6/c18-12-11-13(19)16(21)17(15(12)20)28-14(23)1-3-24-5-7-26-9-10-27-8-6-25-4-2-22/h11H,1-10,22H2. The second-order valence-corrected chi connectivity index (χ2v) is 5.26. The minimum absolute atomic E-state index is 0.0197. The fraction of sp³-hybridized carbons (Fsp3) is 0.588. The maximum absolute atomic E-state index is 13.4. The van der Waals surface area contributed by atoms with E-state index in [1.165, 1.54) is 0 Å². The van der Waals surface area contributed by atoms with Crippen LogP contribution >= 0.6 is 0 Å². The van der Waals surface area contributed by atoms with Crippen LogP contribution in [0.5, 0.6) is 5.75 Å². The van der Waals surface area contributed by atoms with Gasteiger partial charge in [-0.05, 0) is 0 Å². The first-order chi connectivity index (χ1) is 13.5. The van der Waals surface area contributed by atoms with E-state index < -0.39 is 35.0 Å². The van der Waals surface area contributed by atoms with Crippen molar-refractivity contribution in [1.82, 2.24) is 0 Å². The van der Waals surface area contributed by atoms with E-state index in [9.17, 15) is 22.4 Å². The second-order valence-electron chi connectivity index (χ2n) is 5.26. The molecule has 0 aromatic heterocycles. The van der Waals surface area contributed by atoms with Crippen molar-refractivity contribution in [3.63, 3.8) is 0 Å². The Balaban J connectivity index is 2.06. The monoisotopic (exact) mass is 413 g/mol. The molecule has 0 fully saturated rings. The largest absolute Gasteiger partial charge is 0.420 e. The molecule has 1 aromatic rings. The molecule has 0 aliphatic heterocycles. The Labute approximate surface area is 159 Å². The molecule has 0 atom stereocenters. The van der Waals surface area contributed by atoms with Gasteiger partial charge in [0.15, 0.2) is 11.6 Å². The molecule has 0 amide bonds. The molecule has 0 aliphatic rings. The van der Waals surface area contributed by atoms with E-state index in [-0.39, 0.29) is 32.3 Å². The predicted octanol–water partition coefficient (Wildman–Crippen LogP) is 1.56. The average molecular weight is 413 g/mol. The van der Waals surface area contributed by atoms with Gasteiger partial charge in [0.2, 0.25) is 17.4 Å². The van der Waals surface area contributed by atoms with Gasteiger partial charge in [0.1, 0.15) is 0 Å². The van der Waals surface area contributed by atoms with Gasteiger partial charge in [-0.1, -0.05) is 0 Å². The summed E-state index contributed by atoms with van der Waals surface area (Å²) < 4.78 is 77.7. The summed E-state index contributed by atoms with van der Waals surface area (Å²) in [6.45, 7) is 2.80. The molecule has 7 nitrogen and oxygen atoms in total. The Bertz CT molecular complexity index is 579. The summed E-state index contributed by atoms with van der Waals surface area (Å²) in [5.41, 5.74) is 5.25. The molecule has 0 radical (unpaired) electrons. The van der Waals surface area contributed by atoms with Gasteiger partial charge in [0.05, 0.1) is 59.3 Å². The van der Waals surface area contributed by atoms with E-state index in [2.05, 4.69) is 4.74 Å². The van der Waals surface area contributed by atoms with Gasteiger partial charge in [0, 0.05) is 12.6 Å². The van der Waals surface area contributed by atoms with Crippen molar-refractivity contribution >= 4 is 5.97 Å². The predicted molar refractivity (Wildman–Crippen MR) is 88.9 cm³/mol. The van der Waals surface area contributed by atoms with Crippen LogP contribution in [0.25, 0.3) is 0 Å². The van der Waals surface area contributed by atoms with E-state index in [0.717, 1.165) is 0 Å². The van der Waals surface area contributed by atoms with Crippen LogP contribution in [-0.4, -0.2) is 65.4 Å². The number of ether oxygens (including phenoxy) is 5. The highest BCUT2D eigenvalue weighted by Gasteiger charge is 2.22. The van der Waals surface area contributed by atoms with Gasteiger partial charge < -0.3 is 29.4 Å². The number of nitrogens with two attached hydrogens (primary N) is 1. The summed E-state index contributed by atoms with van der Waals surface area (Å²) in [6, 6.07) is 0.0197. The van der Waals surface area contributed by atoms with Crippen LogP contribution in [0.1, 0.15) is 6.42 Å². The van der Waals surface area contributed by atoms with Crippen molar-refractivity contribution in [2.24, 2.45) is 5.73 Å². The smallest absolute Gasteiger partial charge is 0.313 e. The van der Waals surface area contributed by atoms with E-state index >= 15 is 0 Å². The molecule has 2 N–H and O–H groups in total. The molecule has 11 heteroatoms. The number of benzene rings is 1. The number of esters is 1. The summed E-state index contributed by atoms with van der Waals surface area (Å²) in [4.78, 5) is 11.5. The van der Waals surface area contributed by atoms with Crippen LogP contribution in [0, 0.1) is 23.3 Å². The molecule has 0 bridgehead atoms. The molecule has 28 heavy (non-hydrogen) atoms. The van der Waals surface area contributed by atoms with Gasteiger partial charge in [-0.15, -0.1) is 0 Å². The number of carbonyl (C=O) groups is 1. The number of halogens is 4. The minimum atomic E-state index is -1.78. The Hall–Kier alpha value is -1.79.